The van der Waals surface area contributed by atoms with Gasteiger partial charge >= 0.3 is 5.97 Å². The van der Waals surface area contributed by atoms with Gasteiger partial charge in [-0.1, -0.05) is 35.9 Å². The van der Waals surface area contributed by atoms with E-state index in [1.54, 1.807) is 18.2 Å². The van der Waals surface area contributed by atoms with Gasteiger partial charge in [0.25, 0.3) is 0 Å². The van der Waals surface area contributed by atoms with Gasteiger partial charge in [0.05, 0.1) is 18.4 Å². The van der Waals surface area contributed by atoms with Crippen LogP contribution >= 0.6 is 11.6 Å². The first-order valence-corrected chi connectivity index (χ1v) is 9.21. The number of benzene rings is 2. The van der Waals surface area contributed by atoms with Crippen molar-refractivity contribution in [2.45, 2.75) is 13.3 Å². The zero-order valence-electron chi connectivity index (χ0n) is 15.7. The number of para-hydroxylation sites is 1. The first kappa shape index (κ1) is 19.6. The number of aryl methyl sites for hydroxylation is 1. The Morgan fingerprint density at radius 2 is 1.93 bits per heavy atom. The predicted molar refractivity (Wildman–Crippen MR) is 111 cm³/mol. The lowest BCUT2D eigenvalue weighted by Crippen LogP contribution is -2.10. The molecule has 1 aromatic heterocycles. The van der Waals surface area contributed by atoms with E-state index in [4.69, 9.17) is 16.3 Å². The Balaban J connectivity index is 1.71. The number of nitrogens with one attached hydrogen (secondary N) is 2. The Kier molecular flexibility index (Phi) is 6.45. The van der Waals surface area contributed by atoms with Crippen molar-refractivity contribution in [2.24, 2.45) is 0 Å². The minimum absolute atomic E-state index is 0.409. The highest BCUT2D eigenvalue weighted by atomic mass is 35.5. The minimum Gasteiger partial charge on any atom is -0.465 e. The quantitative estimate of drug-likeness (QED) is 0.567. The van der Waals surface area contributed by atoms with Gasteiger partial charge < -0.3 is 15.4 Å². The number of anilines is 3. The third-order valence-corrected chi connectivity index (χ3v) is 4.27. The number of hydrogen-bond acceptors (Lipinski definition) is 6. The van der Waals surface area contributed by atoms with Crippen LogP contribution in [0.4, 0.5) is 17.5 Å². The summed E-state index contributed by atoms with van der Waals surface area (Å²) in [6.07, 6.45) is 0.797. The number of hydrogen-bond donors (Lipinski definition) is 2. The summed E-state index contributed by atoms with van der Waals surface area (Å²) in [4.78, 5) is 20.9. The van der Waals surface area contributed by atoms with Crippen molar-refractivity contribution < 1.29 is 9.53 Å². The highest BCUT2D eigenvalue weighted by molar-refractivity contribution is 6.30. The molecule has 0 unspecified atom stereocenters. The van der Waals surface area contributed by atoms with Gasteiger partial charge in [0, 0.05) is 23.3 Å². The van der Waals surface area contributed by atoms with Gasteiger partial charge in [0.1, 0.15) is 5.82 Å². The van der Waals surface area contributed by atoms with Gasteiger partial charge in [-0.2, -0.15) is 4.98 Å². The van der Waals surface area contributed by atoms with Crippen molar-refractivity contribution in [3.63, 3.8) is 0 Å². The average Bonchev–Trinajstić information content (AvgIpc) is 2.67. The molecule has 0 atom stereocenters. The van der Waals surface area contributed by atoms with E-state index in [2.05, 4.69) is 20.6 Å². The van der Waals surface area contributed by atoms with E-state index < -0.39 is 5.97 Å². The SMILES string of the molecule is COC(=O)c1ccccc1Nc1cc(C)nc(NCCc2cccc(Cl)c2)n1. The molecule has 144 valence electrons. The fraction of sp³-hybridized carbons (Fsp3) is 0.190. The van der Waals surface area contributed by atoms with Crippen LogP contribution in [0.15, 0.2) is 54.6 Å². The van der Waals surface area contributed by atoms with Crippen molar-refractivity contribution >= 4 is 35.0 Å². The number of halogens is 1. The van der Waals surface area contributed by atoms with E-state index in [9.17, 15) is 4.79 Å². The van der Waals surface area contributed by atoms with Gasteiger partial charge in [0.2, 0.25) is 5.95 Å². The van der Waals surface area contributed by atoms with Gasteiger partial charge in [0.15, 0.2) is 0 Å². The van der Waals surface area contributed by atoms with E-state index in [-0.39, 0.29) is 0 Å². The van der Waals surface area contributed by atoms with Crippen LogP contribution in [-0.4, -0.2) is 29.6 Å². The summed E-state index contributed by atoms with van der Waals surface area (Å²) in [5.74, 6) is 0.697. The van der Waals surface area contributed by atoms with Crippen LogP contribution in [0.2, 0.25) is 5.02 Å². The van der Waals surface area contributed by atoms with Crippen LogP contribution in [0, 0.1) is 6.92 Å². The summed E-state index contributed by atoms with van der Waals surface area (Å²) in [6, 6.07) is 16.7. The lowest BCUT2D eigenvalue weighted by atomic mass is 10.1. The molecular weight excluding hydrogens is 376 g/mol. The number of aromatic nitrogens is 2. The highest BCUT2D eigenvalue weighted by Crippen LogP contribution is 2.21. The fourth-order valence-electron chi connectivity index (χ4n) is 2.74. The second-order valence-corrected chi connectivity index (χ2v) is 6.62. The fourth-order valence-corrected chi connectivity index (χ4v) is 2.95. The smallest absolute Gasteiger partial charge is 0.339 e. The summed E-state index contributed by atoms with van der Waals surface area (Å²) < 4.78 is 4.83. The Bertz CT molecular complexity index is 978. The Hall–Kier alpha value is -3.12. The molecule has 0 saturated carbocycles. The normalized spacial score (nSPS) is 10.4. The van der Waals surface area contributed by atoms with Crippen LogP contribution < -0.4 is 10.6 Å². The maximum absolute atomic E-state index is 11.9. The van der Waals surface area contributed by atoms with Crippen LogP contribution in [0.3, 0.4) is 0 Å². The molecule has 0 aliphatic rings. The Morgan fingerprint density at radius 3 is 2.71 bits per heavy atom. The zero-order chi connectivity index (χ0) is 19.9. The summed E-state index contributed by atoms with van der Waals surface area (Å²) in [6.45, 7) is 2.56. The Morgan fingerprint density at radius 1 is 1.11 bits per heavy atom. The lowest BCUT2D eigenvalue weighted by molar-refractivity contribution is 0.0602. The molecular formula is C21H21ClN4O2. The number of methoxy groups -OCH3 is 1. The monoisotopic (exact) mass is 396 g/mol. The predicted octanol–water partition coefficient (Wildman–Crippen LogP) is 4.62. The van der Waals surface area contributed by atoms with Crippen LogP contribution in [0.5, 0.6) is 0 Å². The molecule has 0 amide bonds. The lowest BCUT2D eigenvalue weighted by Gasteiger charge is -2.12. The summed E-state index contributed by atoms with van der Waals surface area (Å²) >= 11 is 6.02. The molecule has 0 saturated heterocycles. The molecule has 0 bridgehead atoms. The minimum atomic E-state index is -0.409. The van der Waals surface area contributed by atoms with Crippen molar-refractivity contribution in [2.75, 3.05) is 24.3 Å². The third-order valence-electron chi connectivity index (χ3n) is 4.04. The standard InChI is InChI=1S/C21H21ClN4O2/c1-14-12-19(25-18-9-4-3-8-17(18)20(27)28-2)26-21(24-14)23-11-10-15-6-5-7-16(22)13-15/h3-9,12-13H,10-11H2,1-2H3,(H2,23,24,25,26). The molecule has 1 heterocycles. The molecule has 0 spiro atoms. The van der Waals surface area contributed by atoms with Gasteiger partial charge in [-0.25, -0.2) is 9.78 Å². The maximum atomic E-state index is 11.9. The maximum Gasteiger partial charge on any atom is 0.339 e. The number of esters is 1. The van der Waals surface area contributed by atoms with Crippen LogP contribution in [0.25, 0.3) is 0 Å². The number of rotatable bonds is 7. The van der Waals surface area contributed by atoms with Crippen molar-refractivity contribution in [3.8, 4) is 0 Å². The van der Waals surface area contributed by atoms with E-state index in [1.807, 2.05) is 43.3 Å². The summed E-state index contributed by atoms with van der Waals surface area (Å²) in [5, 5.41) is 7.13. The van der Waals surface area contributed by atoms with Crippen molar-refractivity contribution in [1.82, 2.24) is 9.97 Å². The summed E-state index contributed by atoms with van der Waals surface area (Å²) in [5.41, 5.74) is 3.00. The molecule has 7 heteroatoms. The third kappa shape index (κ3) is 5.20. The topological polar surface area (TPSA) is 76.1 Å². The van der Waals surface area contributed by atoms with Gasteiger partial charge in [-0.05, 0) is 43.2 Å². The van der Waals surface area contributed by atoms with Gasteiger partial charge in [-0.3, -0.25) is 0 Å². The molecule has 28 heavy (non-hydrogen) atoms. The number of nitrogens with zero attached hydrogens (tertiary/aromatic N) is 2. The summed E-state index contributed by atoms with van der Waals surface area (Å²) in [7, 11) is 1.36. The first-order valence-electron chi connectivity index (χ1n) is 8.83. The molecule has 0 aliphatic heterocycles. The van der Waals surface area contributed by atoms with Crippen molar-refractivity contribution in [3.05, 3.63) is 76.4 Å². The molecule has 0 radical (unpaired) electrons. The number of carbonyl (C=O) groups is 1. The largest absolute Gasteiger partial charge is 0.465 e. The molecule has 6 nitrogen and oxygen atoms in total. The van der Waals surface area contributed by atoms with Crippen LogP contribution in [0.1, 0.15) is 21.6 Å². The van der Waals surface area contributed by atoms with E-state index >= 15 is 0 Å². The van der Waals surface area contributed by atoms with Gasteiger partial charge in [-0.15, -0.1) is 0 Å². The molecule has 3 rings (SSSR count). The van der Waals surface area contributed by atoms with E-state index in [1.165, 1.54) is 7.11 Å². The van der Waals surface area contributed by atoms with E-state index in [0.29, 0.717) is 29.6 Å². The van der Waals surface area contributed by atoms with E-state index in [0.717, 1.165) is 22.7 Å². The Labute approximate surface area is 168 Å². The molecule has 3 aromatic rings. The second-order valence-electron chi connectivity index (χ2n) is 6.19. The molecule has 0 fully saturated rings. The average molecular weight is 397 g/mol. The second kappa shape index (κ2) is 9.19. The number of ether oxygens (including phenoxy) is 1. The van der Waals surface area contributed by atoms with Crippen molar-refractivity contribution in [1.29, 1.82) is 0 Å². The molecule has 0 aliphatic carbocycles. The zero-order valence-corrected chi connectivity index (χ0v) is 16.5. The molecule has 2 N–H and O–H groups in total. The number of carbonyl (C=O) groups excluding carboxylic acids is 1. The first-order chi connectivity index (χ1) is 13.5. The molecule has 2 aromatic carbocycles. The highest BCUT2D eigenvalue weighted by Gasteiger charge is 2.12. The van der Waals surface area contributed by atoms with Crippen LogP contribution in [-0.2, 0) is 11.2 Å².